The van der Waals surface area contributed by atoms with Crippen LogP contribution < -0.4 is 5.32 Å². The van der Waals surface area contributed by atoms with Crippen molar-refractivity contribution < 1.29 is 4.74 Å². The molecule has 0 bridgehead atoms. The summed E-state index contributed by atoms with van der Waals surface area (Å²) in [5.74, 6) is 1.00. The van der Waals surface area contributed by atoms with Crippen molar-refractivity contribution in [1.29, 1.82) is 0 Å². The molecule has 0 aromatic rings. The van der Waals surface area contributed by atoms with Crippen molar-refractivity contribution in [2.24, 2.45) is 11.3 Å². The van der Waals surface area contributed by atoms with E-state index in [0.29, 0.717) is 5.41 Å². The summed E-state index contributed by atoms with van der Waals surface area (Å²) in [6.07, 6.45) is 5.35. The fourth-order valence-corrected chi connectivity index (χ4v) is 3.02. The Labute approximate surface area is 106 Å². The molecule has 1 aliphatic heterocycles. The molecule has 0 spiro atoms. The number of nitrogens with one attached hydrogen (secondary N) is 1. The molecule has 2 rings (SSSR count). The first-order valence-electron chi connectivity index (χ1n) is 7.23. The highest BCUT2D eigenvalue weighted by molar-refractivity contribution is 4.88. The molecule has 2 fully saturated rings. The molecular formula is C14H28N2O. The fraction of sp³-hybridized carbons (Fsp3) is 1.00. The van der Waals surface area contributed by atoms with Crippen LogP contribution in [-0.4, -0.2) is 51.3 Å². The molecular weight excluding hydrogens is 212 g/mol. The maximum absolute atomic E-state index is 5.53. The zero-order valence-electron chi connectivity index (χ0n) is 11.5. The minimum atomic E-state index is 0.456. The Morgan fingerprint density at radius 1 is 1.29 bits per heavy atom. The Kier molecular flexibility index (Phi) is 4.83. The second kappa shape index (κ2) is 6.17. The van der Waals surface area contributed by atoms with Gasteiger partial charge < -0.3 is 15.0 Å². The Bertz CT molecular complexity index is 217. The lowest BCUT2D eigenvalue weighted by Crippen LogP contribution is -2.47. The van der Waals surface area contributed by atoms with Gasteiger partial charge in [-0.1, -0.05) is 6.92 Å². The largest absolute Gasteiger partial charge is 0.381 e. The van der Waals surface area contributed by atoms with Crippen LogP contribution in [0.2, 0.25) is 0 Å². The van der Waals surface area contributed by atoms with E-state index in [1.165, 1.54) is 45.3 Å². The monoisotopic (exact) mass is 240 g/mol. The summed E-state index contributed by atoms with van der Waals surface area (Å²) >= 11 is 0. The number of rotatable bonds is 7. The maximum atomic E-state index is 5.53. The van der Waals surface area contributed by atoms with Crippen LogP contribution in [0.3, 0.4) is 0 Å². The van der Waals surface area contributed by atoms with Crippen molar-refractivity contribution >= 4 is 0 Å². The molecule has 1 saturated carbocycles. The van der Waals surface area contributed by atoms with Crippen LogP contribution in [0, 0.1) is 11.3 Å². The van der Waals surface area contributed by atoms with Crippen molar-refractivity contribution in [2.45, 2.75) is 32.6 Å². The molecule has 17 heavy (non-hydrogen) atoms. The molecule has 0 unspecified atom stereocenters. The van der Waals surface area contributed by atoms with Crippen LogP contribution in [0.25, 0.3) is 0 Å². The summed E-state index contributed by atoms with van der Waals surface area (Å²) in [6, 6.07) is 0. The average Bonchev–Trinajstić information content (AvgIpc) is 3.14. The van der Waals surface area contributed by atoms with E-state index in [2.05, 4.69) is 24.2 Å². The van der Waals surface area contributed by atoms with Gasteiger partial charge >= 0.3 is 0 Å². The normalized spacial score (nSPS) is 24.2. The Morgan fingerprint density at radius 2 is 2.00 bits per heavy atom. The molecule has 1 heterocycles. The van der Waals surface area contributed by atoms with Gasteiger partial charge in [-0.2, -0.15) is 0 Å². The van der Waals surface area contributed by atoms with Gasteiger partial charge in [0.15, 0.2) is 0 Å². The zero-order valence-corrected chi connectivity index (χ0v) is 11.5. The van der Waals surface area contributed by atoms with E-state index in [1.54, 1.807) is 0 Å². The standard InChI is InChI=1S/C14H28N2O/c1-3-16(10-13-4-5-13)12-14(11-15-2)6-8-17-9-7-14/h13,15H,3-12H2,1-2H3. The van der Waals surface area contributed by atoms with E-state index in [4.69, 9.17) is 4.74 Å². The predicted octanol–water partition coefficient (Wildman–Crippen LogP) is 1.73. The third-order valence-electron chi connectivity index (χ3n) is 4.32. The van der Waals surface area contributed by atoms with Gasteiger partial charge in [-0.15, -0.1) is 0 Å². The average molecular weight is 240 g/mol. The Morgan fingerprint density at radius 3 is 2.53 bits per heavy atom. The lowest BCUT2D eigenvalue weighted by Gasteiger charge is -2.41. The highest BCUT2D eigenvalue weighted by Crippen LogP contribution is 2.34. The molecule has 1 aliphatic carbocycles. The molecule has 100 valence electrons. The number of hydrogen-bond donors (Lipinski definition) is 1. The third kappa shape index (κ3) is 3.94. The summed E-state index contributed by atoms with van der Waals surface area (Å²) in [5.41, 5.74) is 0.456. The zero-order chi connectivity index (χ0) is 12.1. The maximum Gasteiger partial charge on any atom is 0.0472 e. The third-order valence-corrected chi connectivity index (χ3v) is 4.32. The molecule has 2 aliphatic rings. The number of hydrogen-bond acceptors (Lipinski definition) is 3. The molecule has 0 atom stereocenters. The van der Waals surface area contributed by atoms with E-state index in [1.807, 2.05) is 0 Å². The molecule has 0 radical (unpaired) electrons. The van der Waals surface area contributed by atoms with Crippen LogP contribution in [-0.2, 0) is 4.74 Å². The Hall–Kier alpha value is -0.120. The molecule has 0 amide bonds. The first-order valence-corrected chi connectivity index (χ1v) is 7.23. The van der Waals surface area contributed by atoms with Crippen LogP contribution >= 0.6 is 0 Å². The molecule has 0 aromatic carbocycles. The van der Waals surface area contributed by atoms with E-state index in [9.17, 15) is 0 Å². The summed E-state index contributed by atoms with van der Waals surface area (Å²) < 4.78 is 5.53. The molecule has 3 heteroatoms. The van der Waals surface area contributed by atoms with Crippen LogP contribution in [0.15, 0.2) is 0 Å². The van der Waals surface area contributed by atoms with Crippen LogP contribution in [0.5, 0.6) is 0 Å². The van der Waals surface area contributed by atoms with Gasteiger partial charge in [0.05, 0.1) is 0 Å². The van der Waals surface area contributed by atoms with Gasteiger partial charge in [0.25, 0.3) is 0 Å². The summed E-state index contributed by atoms with van der Waals surface area (Å²) in [5, 5.41) is 3.39. The first-order chi connectivity index (χ1) is 8.28. The van der Waals surface area contributed by atoms with E-state index >= 15 is 0 Å². The van der Waals surface area contributed by atoms with E-state index < -0.39 is 0 Å². The number of ether oxygens (including phenoxy) is 1. The molecule has 0 aromatic heterocycles. The first kappa shape index (κ1) is 13.3. The predicted molar refractivity (Wildman–Crippen MR) is 71.3 cm³/mol. The van der Waals surface area contributed by atoms with Gasteiger partial charge in [-0.25, -0.2) is 0 Å². The Balaban J connectivity index is 1.89. The lowest BCUT2D eigenvalue weighted by atomic mass is 9.79. The summed E-state index contributed by atoms with van der Waals surface area (Å²) in [7, 11) is 2.08. The highest BCUT2D eigenvalue weighted by atomic mass is 16.5. The van der Waals surface area contributed by atoms with Crippen molar-refractivity contribution in [1.82, 2.24) is 10.2 Å². The van der Waals surface area contributed by atoms with Gasteiger partial charge in [0, 0.05) is 32.8 Å². The molecule has 1 N–H and O–H groups in total. The summed E-state index contributed by atoms with van der Waals surface area (Å²) in [6.45, 7) is 9.10. The van der Waals surface area contributed by atoms with Gasteiger partial charge in [-0.3, -0.25) is 0 Å². The van der Waals surface area contributed by atoms with Gasteiger partial charge in [-0.05, 0) is 50.6 Å². The van der Waals surface area contributed by atoms with Crippen LogP contribution in [0.4, 0.5) is 0 Å². The second-order valence-electron chi connectivity index (χ2n) is 5.91. The van der Waals surface area contributed by atoms with Gasteiger partial charge in [0.1, 0.15) is 0 Å². The van der Waals surface area contributed by atoms with Gasteiger partial charge in [0.2, 0.25) is 0 Å². The second-order valence-corrected chi connectivity index (χ2v) is 5.91. The van der Waals surface area contributed by atoms with Crippen molar-refractivity contribution in [2.75, 3.05) is 46.4 Å². The lowest BCUT2D eigenvalue weighted by molar-refractivity contribution is -0.00342. The molecule has 3 nitrogen and oxygen atoms in total. The van der Waals surface area contributed by atoms with Crippen molar-refractivity contribution in [3.63, 3.8) is 0 Å². The van der Waals surface area contributed by atoms with E-state index in [0.717, 1.165) is 25.7 Å². The summed E-state index contributed by atoms with van der Waals surface area (Å²) in [4.78, 5) is 2.67. The molecule has 1 saturated heterocycles. The minimum Gasteiger partial charge on any atom is -0.381 e. The van der Waals surface area contributed by atoms with Crippen molar-refractivity contribution in [3.8, 4) is 0 Å². The topological polar surface area (TPSA) is 24.5 Å². The SMILES string of the molecule is CCN(CC1CC1)CC1(CNC)CCOCC1. The minimum absolute atomic E-state index is 0.456. The fourth-order valence-electron chi connectivity index (χ4n) is 3.02. The van der Waals surface area contributed by atoms with Crippen molar-refractivity contribution in [3.05, 3.63) is 0 Å². The number of nitrogens with zero attached hydrogens (tertiary/aromatic N) is 1. The quantitative estimate of drug-likeness (QED) is 0.733. The van der Waals surface area contributed by atoms with E-state index in [-0.39, 0.29) is 0 Å². The smallest absolute Gasteiger partial charge is 0.0472 e. The highest BCUT2D eigenvalue weighted by Gasteiger charge is 2.35. The van der Waals surface area contributed by atoms with Crippen LogP contribution in [0.1, 0.15) is 32.6 Å².